The van der Waals surface area contributed by atoms with Gasteiger partial charge in [-0.05, 0) is 44.7 Å². The van der Waals surface area contributed by atoms with Crippen molar-refractivity contribution in [2.24, 2.45) is 5.92 Å². The highest BCUT2D eigenvalue weighted by atomic mass is 35.5. The molecule has 1 aromatic heterocycles. The fourth-order valence-corrected chi connectivity index (χ4v) is 4.19. The van der Waals surface area contributed by atoms with E-state index < -0.39 is 5.60 Å². The summed E-state index contributed by atoms with van der Waals surface area (Å²) in [4.78, 5) is 19.2. The normalized spacial score (nSPS) is 21.8. The van der Waals surface area contributed by atoms with E-state index in [0.717, 1.165) is 24.1 Å². The molecule has 1 aliphatic heterocycles. The van der Waals surface area contributed by atoms with Crippen molar-refractivity contribution in [3.63, 3.8) is 0 Å². The summed E-state index contributed by atoms with van der Waals surface area (Å²) in [6.45, 7) is 6.31. The SMILES string of the molecule is CC(C)(C)OC(=O)N1Cc2ccc(Cl)nc2CC1CC1CCCCC1. The number of ether oxygens (including phenoxy) is 1. The van der Waals surface area contributed by atoms with Crippen LogP contribution in [-0.4, -0.2) is 27.6 Å². The van der Waals surface area contributed by atoms with E-state index in [9.17, 15) is 4.79 Å². The van der Waals surface area contributed by atoms with Gasteiger partial charge in [-0.25, -0.2) is 9.78 Å². The summed E-state index contributed by atoms with van der Waals surface area (Å²) in [7, 11) is 0. The summed E-state index contributed by atoms with van der Waals surface area (Å²) in [5.41, 5.74) is 1.63. The Labute approximate surface area is 155 Å². The van der Waals surface area contributed by atoms with Crippen LogP contribution in [0, 0.1) is 5.92 Å². The number of nitrogens with zero attached hydrogens (tertiary/aromatic N) is 2. The molecule has 0 saturated heterocycles. The Balaban J connectivity index is 1.80. The number of aromatic nitrogens is 1. The Bertz CT molecular complexity index is 621. The van der Waals surface area contributed by atoms with Gasteiger partial charge in [-0.2, -0.15) is 0 Å². The lowest BCUT2D eigenvalue weighted by Gasteiger charge is -2.39. The monoisotopic (exact) mass is 364 g/mol. The molecule has 25 heavy (non-hydrogen) atoms. The lowest BCUT2D eigenvalue weighted by molar-refractivity contribution is 0.00828. The molecule has 3 rings (SSSR count). The third kappa shape index (κ3) is 4.87. The second-order valence-corrected chi connectivity index (χ2v) is 8.83. The third-order valence-electron chi connectivity index (χ3n) is 5.20. The highest BCUT2D eigenvalue weighted by molar-refractivity contribution is 6.29. The van der Waals surface area contributed by atoms with Gasteiger partial charge < -0.3 is 9.64 Å². The molecule has 1 saturated carbocycles. The summed E-state index contributed by atoms with van der Waals surface area (Å²) < 4.78 is 5.68. The maximum Gasteiger partial charge on any atom is 0.410 e. The fraction of sp³-hybridized carbons (Fsp3) is 0.700. The van der Waals surface area contributed by atoms with Crippen LogP contribution in [0.4, 0.5) is 4.79 Å². The van der Waals surface area contributed by atoms with Crippen molar-refractivity contribution < 1.29 is 9.53 Å². The molecule has 1 aliphatic carbocycles. The first-order valence-electron chi connectivity index (χ1n) is 9.46. The van der Waals surface area contributed by atoms with Gasteiger partial charge in [-0.15, -0.1) is 0 Å². The molecule has 0 bridgehead atoms. The average molecular weight is 365 g/mol. The average Bonchev–Trinajstić information content (AvgIpc) is 2.53. The van der Waals surface area contributed by atoms with Gasteiger partial charge in [-0.1, -0.05) is 49.8 Å². The Morgan fingerprint density at radius 3 is 2.68 bits per heavy atom. The first-order valence-corrected chi connectivity index (χ1v) is 9.83. The number of hydrogen-bond acceptors (Lipinski definition) is 3. The lowest BCUT2D eigenvalue weighted by Crippen LogP contribution is -2.47. The standard InChI is InChI=1S/C20H29ClN2O2/c1-20(2,3)25-19(24)23-13-15-9-10-18(21)22-17(15)12-16(23)11-14-7-5-4-6-8-14/h9-10,14,16H,4-8,11-13H2,1-3H3. The lowest BCUT2D eigenvalue weighted by atomic mass is 9.82. The number of carbonyl (C=O) groups is 1. The van der Waals surface area contributed by atoms with Gasteiger partial charge in [0.25, 0.3) is 0 Å². The zero-order valence-corrected chi connectivity index (χ0v) is 16.3. The van der Waals surface area contributed by atoms with Crippen LogP contribution >= 0.6 is 11.6 Å². The molecule has 1 atom stereocenters. The molecule has 1 amide bonds. The molecule has 0 aromatic carbocycles. The predicted molar refractivity (Wildman–Crippen MR) is 99.7 cm³/mol. The molecule has 0 spiro atoms. The van der Waals surface area contributed by atoms with Crippen LogP contribution in [0.15, 0.2) is 12.1 Å². The Hall–Kier alpha value is -1.29. The number of pyridine rings is 1. The van der Waals surface area contributed by atoms with Crippen LogP contribution in [0.2, 0.25) is 5.15 Å². The van der Waals surface area contributed by atoms with Crippen molar-refractivity contribution in [1.82, 2.24) is 9.88 Å². The first-order chi connectivity index (χ1) is 11.8. The van der Waals surface area contributed by atoms with Crippen molar-refractivity contribution >= 4 is 17.7 Å². The van der Waals surface area contributed by atoms with Gasteiger partial charge in [-0.3, -0.25) is 0 Å². The summed E-state index contributed by atoms with van der Waals surface area (Å²) in [5, 5.41) is 0.529. The highest BCUT2D eigenvalue weighted by Gasteiger charge is 2.35. The molecule has 2 heterocycles. The molecule has 0 radical (unpaired) electrons. The molecule has 2 aliphatic rings. The number of fused-ring (bicyclic) bond motifs is 1. The van der Waals surface area contributed by atoms with Crippen LogP contribution in [0.25, 0.3) is 0 Å². The molecule has 1 fully saturated rings. The smallest absolute Gasteiger partial charge is 0.410 e. The van der Waals surface area contributed by atoms with Crippen molar-refractivity contribution in [2.45, 2.75) is 83.9 Å². The van der Waals surface area contributed by atoms with Crippen molar-refractivity contribution in [2.75, 3.05) is 0 Å². The molecular weight excluding hydrogens is 336 g/mol. The van der Waals surface area contributed by atoms with E-state index in [-0.39, 0.29) is 12.1 Å². The number of amides is 1. The maximum absolute atomic E-state index is 12.8. The number of carbonyl (C=O) groups excluding carboxylic acids is 1. The Morgan fingerprint density at radius 1 is 1.28 bits per heavy atom. The van der Waals surface area contributed by atoms with Gasteiger partial charge in [0, 0.05) is 18.2 Å². The predicted octanol–water partition coefficient (Wildman–Crippen LogP) is 5.37. The van der Waals surface area contributed by atoms with Crippen LogP contribution < -0.4 is 0 Å². The summed E-state index contributed by atoms with van der Waals surface area (Å²) in [6, 6.07) is 3.94. The Morgan fingerprint density at radius 2 is 2.00 bits per heavy atom. The fourth-order valence-electron chi connectivity index (χ4n) is 4.02. The van der Waals surface area contributed by atoms with E-state index in [1.807, 2.05) is 31.7 Å². The highest BCUT2D eigenvalue weighted by Crippen LogP contribution is 2.33. The van der Waals surface area contributed by atoms with E-state index in [2.05, 4.69) is 4.98 Å². The van der Waals surface area contributed by atoms with Crippen LogP contribution in [0.5, 0.6) is 0 Å². The van der Waals surface area contributed by atoms with Crippen LogP contribution in [-0.2, 0) is 17.7 Å². The summed E-state index contributed by atoms with van der Waals surface area (Å²) in [5.74, 6) is 0.699. The van der Waals surface area contributed by atoms with Crippen molar-refractivity contribution in [3.8, 4) is 0 Å². The van der Waals surface area contributed by atoms with E-state index >= 15 is 0 Å². The van der Waals surface area contributed by atoms with Crippen molar-refractivity contribution in [3.05, 3.63) is 28.5 Å². The van der Waals surface area contributed by atoms with E-state index in [0.29, 0.717) is 17.6 Å². The van der Waals surface area contributed by atoms with Gasteiger partial charge in [0.05, 0.1) is 6.54 Å². The minimum Gasteiger partial charge on any atom is -0.444 e. The molecule has 4 nitrogen and oxygen atoms in total. The number of rotatable bonds is 2. The Kier molecular flexibility index (Phi) is 5.57. The number of hydrogen-bond donors (Lipinski definition) is 0. The minimum absolute atomic E-state index is 0.149. The van der Waals surface area contributed by atoms with E-state index in [1.165, 1.54) is 32.1 Å². The zero-order valence-electron chi connectivity index (χ0n) is 15.6. The molecule has 1 aromatic rings. The second-order valence-electron chi connectivity index (χ2n) is 8.45. The molecular formula is C20H29ClN2O2. The summed E-state index contributed by atoms with van der Waals surface area (Å²) >= 11 is 6.09. The van der Waals surface area contributed by atoms with Crippen molar-refractivity contribution in [1.29, 1.82) is 0 Å². The molecule has 1 unspecified atom stereocenters. The summed E-state index contributed by atoms with van der Waals surface area (Å²) in [6.07, 6.45) is 8.10. The van der Waals surface area contributed by atoms with Crippen LogP contribution in [0.3, 0.4) is 0 Å². The minimum atomic E-state index is -0.481. The van der Waals surface area contributed by atoms with E-state index in [1.54, 1.807) is 6.07 Å². The maximum atomic E-state index is 12.8. The van der Waals surface area contributed by atoms with E-state index in [4.69, 9.17) is 16.3 Å². The quantitative estimate of drug-likeness (QED) is 0.663. The molecule has 0 N–H and O–H groups in total. The molecule has 138 valence electrons. The largest absolute Gasteiger partial charge is 0.444 e. The topological polar surface area (TPSA) is 42.4 Å². The zero-order chi connectivity index (χ0) is 18.0. The van der Waals surface area contributed by atoms with Gasteiger partial charge in [0.15, 0.2) is 0 Å². The van der Waals surface area contributed by atoms with Gasteiger partial charge >= 0.3 is 6.09 Å². The van der Waals surface area contributed by atoms with Gasteiger partial charge in [0.2, 0.25) is 0 Å². The number of halogens is 1. The third-order valence-corrected chi connectivity index (χ3v) is 5.41. The van der Waals surface area contributed by atoms with Gasteiger partial charge in [0.1, 0.15) is 10.8 Å². The first kappa shape index (κ1) is 18.5. The molecule has 5 heteroatoms. The second kappa shape index (κ2) is 7.53. The van der Waals surface area contributed by atoms with Crippen LogP contribution in [0.1, 0.15) is 70.6 Å².